The van der Waals surface area contributed by atoms with Crippen molar-refractivity contribution in [3.8, 4) is 11.5 Å². The number of phenols is 1. The van der Waals surface area contributed by atoms with Gasteiger partial charge in [0.15, 0.2) is 0 Å². The second kappa shape index (κ2) is 5.85. The Morgan fingerprint density at radius 3 is 2.52 bits per heavy atom. The van der Waals surface area contributed by atoms with Crippen LogP contribution in [0, 0.1) is 5.41 Å². The van der Waals surface area contributed by atoms with E-state index in [0.29, 0.717) is 11.2 Å². The van der Waals surface area contributed by atoms with Gasteiger partial charge in [0, 0.05) is 18.7 Å². The smallest absolute Gasteiger partial charge is 0.127 e. The van der Waals surface area contributed by atoms with E-state index in [2.05, 4.69) is 16.8 Å². The molecule has 1 N–H and O–H groups in total. The molecule has 3 rings (SSSR count). The third-order valence-electron chi connectivity index (χ3n) is 5.26. The Kier molecular flexibility index (Phi) is 4.09. The van der Waals surface area contributed by atoms with Crippen LogP contribution in [0.5, 0.6) is 11.5 Å². The number of piperidine rings is 1. The fourth-order valence-corrected chi connectivity index (χ4v) is 3.88. The molecule has 0 radical (unpaired) electrons. The van der Waals surface area contributed by atoms with E-state index in [-0.39, 0.29) is 0 Å². The number of benzene rings is 1. The molecular formula is C17H26N2O2. The van der Waals surface area contributed by atoms with Gasteiger partial charge in [0.25, 0.3) is 0 Å². The largest absolute Gasteiger partial charge is 0.507 e. The number of phenolic OH excluding ortho intramolecular Hbond substituents is 1. The normalized spacial score (nSPS) is 22.8. The molecule has 0 atom stereocenters. The Morgan fingerprint density at radius 2 is 1.90 bits per heavy atom. The van der Waals surface area contributed by atoms with Gasteiger partial charge in [-0.15, -0.1) is 0 Å². The van der Waals surface area contributed by atoms with Crippen LogP contribution in [-0.4, -0.2) is 55.2 Å². The lowest BCUT2D eigenvalue weighted by atomic mass is 9.77. The second-order valence-corrected chi connectivity index (χ2v) is 6.72. The van der Waals surface area contributed by atoms with Gasteiger partial charge in [-0.05, 0) is 63.5 Å². The first-order valence-corrected chi connectivity index (χ1v) is 7.88. The van der Waals surface area contributed by atoms with E-state index < -0.39 is 0 Å². The van der Waals surface area contributed by atoms with Gasteiger partial charge in [0.1, 0.15) is 11.5 Å². The number of aromatic hydroxyl groups is 1. The zero-order valence-corrected chi connectivity index (χ0v) is 13.1. The first-order valence-electron chi connectivity index (χ1n) is 7.88. The minimum Gasteiger partial charge on any atom is -0.507 e. The number of rotatable bonds is 3. The van der Waals surface area contributed by atoms with E-state index in [0.717, 1.165) is 30.9 Å². The van der Waals surface area contributed by atoms with Crippen LogP contribution in [0.3, 0.4) is 0 Å². The van der Waals surface area contributed by atoms with Gasteiger partial charge in [0.05, 0.1) is 7.11 Å². The molecule has 4 heteroatoms. The van der Waals surface area contributed by atoms with Crippen LogP contribution in [0.2, 0.25) is 0 Å². The molecule has 0 amide bonds. The van der Waals surface area contributed by atoms with Crippen molar-refractivity contribution in [2.24, 2.45) is 5.41 Å². The number of hydrogen-bond donors (Lipinski definition) is 1. The number of ether oxygens (including phenoxy) is 1. The molecule has 0 aliphatic carbocycles. The lowest BCUT2D eigenvalue weighted by Gasteiger charge is -2.39. The molecule has 0 bridgehead atoms. The van der Waals surface area contributed by atoms with Gasteiger partial charge in [-0.1, -0.05) is 6.07 Å². The number of nitrogens with zero attached hydrogens (tertiary/aromatic N) is 2. The van der Waals surface area contributed by atoms with Crippen molar-refractivity contribution >= 4 is 0 Å². The van der Waals surface area contributed by atoms with Crippen LogP contribution >= 0.6 is 0 Å². The van der Waals surface area contributed by atoms with Gasteiger partial charge in [-0.3, -0.25) is 4.90 Å². The summed E-state index contributed by atoms with van der Waals surface area (Å²) in [5.74, 6) is 1.13. The minimum atomic E-state index is 0.343. The lowest BCUT2D eigenvalue weighted by molar-refractivity contribution is 0.104. The molecule has 116 valence electrons. The highest BCUT2D eigenvalue weighted by atomic mass is 16.5. The van der Waals surface area contributed by atoms with E-state index in [1.807, 2.05) is 12.1 Å². The van der Waals surface area contributed by atoms with Crippen LogP contribution in [0.1, 0.15) is 24.8 Å². The van der Waals surface area contributed by atoms with E-state index in [1.54, 1.807) is 13.2 Å². The van der Waals surface area contributed by atoms with Gasteiger partial charge >= 0.3 is 0 Å². The molecule has 1 spiro atoms. The Labute approximate surface area is 127 Å². The quantitative estimate of drug-likeness (QED) is 0.927. The minimum absolute atomic E-state index is 0.343. The third-order valence-corrected chi connectivity index (χ3v) is 5.26. The van der Waals surface area contributed by atoms with E-state index in [9.17, 15) is 5.11 Å². The lowest BCUT2D eigenvalue weighted by Crippen LogP contribution is -2.40. The average Bonchev–Trinajstić information content (AvgIpc) is 2.84. The first-order chi connectivity index (χ1) is 10.1. The molecule has 2 aliphatic rings. The average molecular weight is 290 g/mol. The standard InChI is InChI=1S/C17H26N2O2/c1-18-9-6-17(13-18)7-10-19(11-8-17)12-14-15(20)4-3-5-16(14)21-2/h3-5,20H,6-13H2,1-2H3. The maximum absolute atomic E-state index is 10.1. The molecule has 1 aromatic carbocycles. The summed E-state index contributed by atoms with van der Waals surface area (Å²) in [6.07, 6.45) is 3.89. The van der Waals surface area contributed by atoms with Crippen molar-refractivity contribution in [3.05, 3.63) is 23.8 Å². The van der Waals surface area contributed by atoms with Gasteiger partial charge < -0.3 is 14.7 Å². The molecule has 4 nitrogen and oxygen atoms in total. The van der Waals surface area contributed by atoms with Crippen LogP contribution in [0.25, 0.3) is 0 Å². The number of hydrogen-bond acceptors (Lipinski definition) is 4. The van der Waals surface area contributed by atoms with Gasteiger partial charge in [0.2, 0.25) is 0 Å². The molecule has 1 aromatic rings. The molecule has 0 aromatic heterocycles. The van der Waals surface area contributed by atoms with Crippen molar-refractivity contribution < 1.29 is 9.84 Å². The monoisotopic (exact) mass is 290 g/mol. The van der Waals surface area contributed by atoms with Crippen molar-refractivity contribution in [3.63, 3.8) is 0 Å². The van der Waals surface area contributed by atoms with Crippen molar-refractivity contribution in [1.82, 2.24) is 9.80 Å². The SMILES string of the molecule is COc1cccc(O)c1CN1CCC2(CCN(C)C2)CC1. The second-order valence-electron chi connectivity index (χ2n) is 6.72. The summed E-state index contributed by atoms with van der Waals surface area (Å²) in [6, 6.07) is 5.50. The summed E-state index contributed by atoms with van der Waals surface area (Å²) in [4.78, 5) is 4.91. The van der Waals surface area contributed by atoms with E-state index in [1.165, 1.54) is 32.4 Å². The van der Waals surface area contributed by atoms with Crippen molar-refractivity contribution in [1.29, 1.82) is 0 Å². The molecule has 0 saturated carbocycles. The highest BCUT2D eigenvalue weighted by Gasteiger charge is 2.39. The Hall–Kier alpha value is -1.26. The summed E-state index contributed by atoms with van der Waals surface area (Å²) in [6.45, 7) is 5.51. The highest BCUT2D eigenvalue weighted by Crippen LogP contribution is 2.40. The molecule has 2 saturated heterocycles. The van der Waals surface area contributed by atoms with Crippen LogP contribution < -0.4 is 4.74 Å². The third kappa shape index (κ3) is 3.01. The molecule has 21 heavy (non-hydrogen) atoms. The molecule has 2 aliphatic heterocycles. The summed E-state index contributed by atoms with van der Waals surface area (Å²) in [7, 11) is 3.89. The van der Waals surface area contributed by atoms with Crippen molar-refractivity contribution in [2.75, 3.05) is 40.3 Å². The number of likely N-dealkylation sites (tertiary alicyclic amines) is 2. The summed E-state index contributed by atoms with van der Waals surface area (Å²) >= 11 is 0. The topological polar surface area (TPSA) is 35.9 Å². The van der Waals surface area contributed by atoms with E-state index >= 15 is 0 Å². The first kappa shape index (κ1) is 14.7. The van der Waals surface area contributed by atoms with Gasteiger partial charge in [-0.2, -0.15) is 0 Å². The maximum atomic E-state index is 10.1. The molecule has 0 unspecified atom stereocenters. The molecule has 2 fully saturated rings. The zero-order chi connectivity index (χ0) is 14.9. The maximum Gasteiger partial charge on any atom is 0.127 e. The summed E-state index contributed by atoms with van der Waals surface area (Å²) < 4.78 is 5.38. The fourth-order valence-electron chi connectivity index (χ4n) is 3.88. The molecular weight excluding hydrogens is 264 g/mol. The van der Waals surface area contributed by atoms with Crippen LogP contribution in [0.15, 0.2) is 18.2 Å². The van der Waals surface area contributed by atoms with Crippen molar-refractivity contribution in [2.45, 2.75) is 25.8 Å². The Balaban J connectivity index is 1.63. The predicted octanol–water partition coefficient (Wildman–Crippen LogP) is 2.32. The molecule has 2 heterocycles. The Bertz CT molecular complexity index is 496. The Morgan fingerprint density at radius 1 is 1.19 bits per heavy atom. The van der Waals surface area contributed by atoms with E-state index in [4.69, 9.17) is 4.74 Å². The van der Waals surface area contributed by atoms with Crippen LogP contribution in [-0.2, 0) is 6.54 Å². The fraction of sp³-hybridized carbons (Fsp3) is 0.647. The predicted molar refractivity (Wildman–Crippen MR) is 83.7 cm³/mol. The summed E-state index contributed by atoms with van der Waals surface area (Å²) in [5.41, 5.74) is 1.47. The zero-order valence-electron chi connectivity index (χ0n) is 13.1. The van der Waals surface area contributed by atoms with Gasteiger partial charge in [-0.25, -0.2) is 0 Å². The summed E-state index contributed by atoms with van der Waals surface area (Å²) in [5, 5.41) is 10.1. The number of methoxy groups -OCH3 is 1. The van der Waals surface area contributed by atoms with Crippen LogP contribution in [0.4, 0.5) is 0 Å². The highest BCUT2D eigenvalue weighted by molar-refractivity contribution is 5.43.